The number of fused-ring (bicyclic) bond motifs is 1. The Bertz CT molecular complexity index is 800. The number of hydrogen-bond acceptors (Lipinski definition) is 7. The number of furan rings is 1. The number of aromatic nitrogens is 1. The first-order valence-electron chi connectivity index (χ1n) is 10.5. The quantitative estimate of drug-likeness (QED) is 0.417. The molecule has 2 heterocycles. The molecule has 1 atom stereocenters. The molecular weight excluding hydrogens is 404 g/mol. The number of ether oxygens (including phenoxy) is 3. The molecule has 1 aliphatic rings. The van der Waals surface area contributed by atoms with E-state index in [9.17, 15) is 4.79 Å². The molecule has 8 heteroatoms. The number of nitrogens with zero attached hydrogens (tertiary/aromatic N) is 2. The van der Waals surface area contributed by atoms with Gasteiger partial charge in [-0.25, -0.2) is 0 Å². The van der Waals surface area contributed by atoms with Gasteiger partial charge in [-0.3, -0.25) is 14.7 Å². The van der Waals surface area contributed by atoms with Gasteiger partial charge in [0.25, 0.3) is 0 Å². The molecule has 0 aliphatic heterocycles. The van der Waals surface area contributed by atoms with Crippen molar-refractivity contribution in [2.45, 2.75) is 45.3 Å². The number of thioether (sulfide) groups is 1. The van der Waals surface area contributed by atoms with E-state index in [1.165, 1.54) is 12.8 Å². The van der Waals surface area contributed by atoms with E-state index >= 15 is 0 Å². The Morgan fingerprint density at radius 3 is 2.90 bits per heavy atom. The Morgan fingerprint density at radius 2 is 2.20 bits per heavy atom. The topological polar surface area (TPSA) is 74.0 Å². The van der Waals surface area contributed by atoms with Crippen molar-refractivity contribution in [3.8, 4) is 0 Å². The molecule has 0 saturated heterocycles. The number of hydrogen-bond donors (Lipinski definition) is 0. The van der Waals surface area contributed by atoms with Crippen LogP contribution in [0, 0.1) is 5.92 Å². The summed E-state index contributed by atoms with van der Waals surface area (Å²) in [6.45, 7) is 2.33. The van der Waals surface area contributed by atoms with Crippen LogP contribution in [0.3, 0.4) is 0 Å². The van der Waals surface area contributed by atoms with Crippen LogP contribution in [0.5, 0.6) is 0 Å². The Balaban J connectivity index is 1.73. The zero-order valence-corrected chi connectivity index (χ0v) is 18.9. The Hall–Kier alpha value is -1.61. The van der Waals surface area contributed by atoms with Crippen molar-refractivity contribution in [2.24, 2.45) is 5.92 Å². The van der Waals surface area contributed by atoms with Crippen molar-refractivity contribution < 1.29 is 23.4 Å². The molecule has 1 saturated carbocycles. The van der Waals surface area contributed by atoms with Crippen LogP contribution in [0.1, 0.15) is 37.6 Å². The van der Waals surface area contributed by atoms with Crippen molar-refractivity contribution in [1.82, 2.24) is 9.88 Å². The van der Waals surface area contributed by atoms with Crippen molar-refractivity contribution >= 4 is 28.6 Å². The Kier molecular flexibility index (Phi) is 8.99. The highest BCUT2D eigenvalue weighted by Gasteiger charge is 2.26. The highest BCUT2D eigenvalue weighted by molar-refractivity contribution is 7.99. The van der Waals surface area contributed by atoms with Gasteiger partial charge in [-0.1, -0.05) is 19.8 Å². The minimum absolute atomic E-state index is 0.101. The fraction of sp³-hybridized carbons (Fsp3) is 0.636. The average molecular weight is 437 g/mol. The lowest BCUT2D eigenvalue weighted by Crippen LogP contribution is -2.45. The predicted octanol–water partition coefficient (Wildman–Crippen LogP) is 3.85. The van der Waals surface area contributed by atoms with Gasteiger partial charge in [-0.15, -0.1) is 0 Å². The summed E-state index contributed by atoms with van der Waals surface area (Å²) in [7, 11) is 3.14. The zero-order chi connectivity index (χ0) is 21.3. The van der Waals surface area contributed by atoms with Crippen LogP contribution in [-0.2, 0) is 31.8 Å². The second kappa shape index (κ2) is 11.7. The van der Waals surface area contributed by atoms with Gasteiger partial charge in [0.15, 0.2) is 0 Å². The van der Waals surface area contributed by atoms with Crippen molar-refractivity contribution in [2.75, 3.05) is 39.2 Å². The maximum absolute atomic E-state index is 13.2. The van der Waals surface area contributed by atoms with E-state index < -0.39 is 6.23 Å². The molecule has 1 aliphatic carbocycles. The Labute approximate surface area is 182 Å². The van der Waals surface area contributed by atoms with Crippen LogP contribution in [0.4, 0.5) is 0 Å². The smallest absolute Gasteiger partial charge is 0.232 e. The normalized spacial score (nSPS) is 14.9. The van der Waals surface area contributed by atoms with Gasteiger partial charge >= 0.3 is 0 Å². The molecule has 0 spiro atoms. The molecule has 2 aromatic heterocycles. The molecule has 0 N–H and O–H groups in total. The summed E-state index contributed by atoms with van der Waals surface area (Å²) in [5.41, 5.74) is 1.50. The number of amides is 1. The lowest BCUT2D eigenvalue weighted by atomic mass is 10.1. The lowest BCUT2D eigenvalue weighted by Gasteiger charge is -2.30. The number of pyridine rings is 1. The lowest BCUT2D eigenvalue weighted by molar-refractivity contribution is -0.167. The highest BCUT2D eigenvalue weighted by atomic mass is 32.2. The fourth-order valence-electron chi connectivity index (χ4n) is 3.38. The Morgan fingerprint density at radius 1 is 1.37 bits per heavy atom. The van der Waals surface area contributed by atoms with Crippen LogP contribution in [-0.4, -0.2) is 61.3 Å². The SMILES string of the molecule is CCSC[C@@H](OCOC)N(COC)C(=O)Cc1nccc2oc(CCC3CC3)cc12. The molecule has 0 aromatic carbocycles. The molecule has 7 nitrogen and oxygen atoms in total. The van der Waals surface area contributed by atoms with Crippen LogP contribution in [0.25, 0.3) is 11.0 Å². The second-order valence-electron chi connectivity index (χ2n) is 7.51. The summed E-state index contributed by atoms with van der Waals surface area (Å²) in [4.78, 5) is 19.3. The average Bonchev–Trinajstić information content (AvgIpc) is 3.48. The van der Waals surface area contributed by atoms with Gasteiger partial charge in [0.2, 0.25) is 5.91 Å². The molecule has 2 aromatic rings. The number of carbonyl (C=O) groups excluding carboxylic acids is 1. The summed E-state index contributed by atoms with van der Waals surface area (Å²) in [6, 6.07) is 3.90. The first kappa shape index (κ1) is 23.1. The van der Waals surface area contributed by atoms with Gasteiger partial charge in [-0.2, -0.15) is 11.8 Å². The molecule has 0 unspecified atom stereocenters. The largest absolute Gasteiger partial charge is 0.461 e. The fourth-order valence-corrected chi connectivity index (χ4v) is 4.09. The third kappa shape index (κ3) is 6.44. The van der Waals surface area contributed by atoms with Gasteiger partial charge in [0, 0.05) is 38.0 Å². The van der Waals surface area contributed by atoms with E-state index in [0.29, 0.717) is 11.4 Å². The van der Waals surface area contributed by atoms with E-state index in [1.54, 1.807) is 37.1 Å². The van der Waals surface area contributed by atoms with Crippen LogP contribution >= 0.6 is 11.8 Å². The molecule has 1 amide bonds. The molecule has 3 rings (SSSR count). The summed E-state index contributed by atoms with van der Waals surface area (Å²) in [5, 5.41) is 0.909. The minimum Gasteiger partial charge on any atom is -0.461 e. The van der Waals surface area contributed by atoms with Gasteiger partial charge in [-0.05, 0) is 30.2 Å². The number of aryl methyl sites for hydroxylation is 1. The van der Waals surface area contributed by atoms with Crippen LogP contribution < -0.4 is 0 Å². The third-order valence-corrected chi connectivity index (χ3v) is 6.10. The van der Waals surface area contributed by atoms with Gasteiger partial charge < -0.3 is 18.6 Å². The third-order valence-electron chi connectivity index (χ3n) is 5.17. The summed E-state index contributed by atoms with van der Waals surface area (Å²) in [6.07, 6.45) is 6.19. The molecule has 166 valence electrons. The summed E-state index contributed by atoms with van der Waals surface area (Å²) in [5.74, 6) is 3.29. The van der Waals surface area contributed by atoms with Crippen LogP contribution in [0.2, 0.25) is 0 Å². The minimum atomic E-state index is -0.431. The summed E-state index contributed by atoms with van der Waals surface area (Å²) < 4.78 is 22.1. The van der Waals surface area contributed by atoms with Gasteiger partial charge in [0.1, 0.15) is 31.1 Å². The standard InChI is InChI=1S/C22H32N2O5S/c1-4-30-13-22(28-15-27-3)24(14-26-2)21(25)12-19-18-11-17(8-7-16-5-6-16)29-20(18)9-10-23-19/h9-11,16,22H,4-8,12-15H2,1-3H3/t22-/m1/s1. The summed E-state index contributed by atoms with van der Waals surface area (Å²) >= 11 is 1.70. The molecule has 0 radical (unpaired) electrons. The molecule has 30 heavy (non-hydrogen) atoms. The molecular formula is C22H32N2O5S. The van der Waals surface area contributed by atoms with E-state index in [-0.39, 0.29) is 25.9 Å². The van der Waals surface area contributed by atoms with Crippen molar-refractivity contribution in [1.29, 1.82) is 0 Å². The highest BCUT2D eigenvalue weighted by Crippen LogP contribution is 2.34. The van der Waals surface area contributed by atoms with Crippen LogP contribution in [0.15, 0.2) is 22.7 Å². The molecule has 0 bridgehead atoms. The van der Waals surface area contributed by atoms with Gasteiger partial charge in [0.05, 0.1) is 12.1 Å². The number of methoxy groups -OCH3 is 2. The van der Waals surface area contributed by atoms with E-state index in [4.69, 9.17) is 18.6 Å². The first-order valence-corrected chi connectivity index (χ1v) is 11.6. The van der Waals surface area contributed by atoms with E-state index in [0.717, 1.165) is 41.2 Å². The first-order chi connectivity index (χ1) is 14.7. The zero-order valence-electron chi connectivity index (χ0n) is 18.1. The van der Waals surface area contributed by atoms with E-state index in [1.807, 2.05) is 12.1 Å². The second-order valence-corrected chi connectivity index (χ2v) is 8.83. The molecule has 1 fully saturated rings. The maximum Gasteiger partial charge on any atom is 0.232 e. The maximum atomic E-state index is 13.2. The van der Waals surface area contributed by atoms with E-state index in [2.05, 4.69) is 11.9 Å². The predicted molar refractivity (Wildman–Crippen MR) is 117 cm³/mol. The van der Waals surface area contributed by atoms with Crippen molar-refractivity contribution in [3.05, 3.63) is 29.8 Å². The number of carbonyl (C=O) groups is 1. The van der Waals surface area contributed by atoms with Crippen molar-refractivity contribution in [3.63, 3.8) is 0 Å². The number of rotatable bonds is 14. The monoisotopic (exact) mass is 436 g/mol.